The summed E-state index contributed by atoms with van der Waals surface area (Å²) in [5.41, 5.74) is 0.517. The van der Waals surface area contributed by atoms with Crippen LogP contribution < -0.4 is 0 Å². The van der Waals surface area contributed by atoms with E-state index in [9.17, 15) is 5.11 Å². The molecule has 2 fully saturated rings. The molecule has 0 heterocycles. The molecule has 12 heavy (non-hydrogen) atoms. The molecule has 1 unspecified atom stereocenters. The number of hydrogen-bond donors (Lipinski definition) is 1. The van der Waals surface area contributed by atoms with Gasteiger partial charge in [0, 0.05) is 0 Å². The molecule has 2 rings (SSSR count). The van der Waals surface area contributed by atoms with Crippen LogP contribution in [0.3, 0.4) is 0 Å². The fourth-order valence-corrected chi connectivity index (χ4v) is 5.21. The molecule has 1 N–H and O–H groups in total. The van der Waals surface area contributed by atoms with E-state index in [1.54, 1.807) is 0 Å². The minimum atomic E-state index is -0.0883. The molecule has 0 spiro atoms. The molecule has 0 aromatic rings. The van der Waals surface area contributed by atoms with E-state index in [1.165, 1.54) is 12.8 Å². The fourth-order valence-electron chi connectivity index (χ4n) is 3.15. The maximum absolute atomic E-state index is 10.1. The van der Waals surface area contributed by atoms with Crippen molar-refractivity contribution in [2.45, 2.75) is 43.9 Å². The third-order valence-electron chi connectivity index (χ3n) is 4.66. The molecule has 2 aliphatic rings. The molecule has 2 bridgehead atoms. The van der Waals surface area contributed by atoms with E-state index < -0.39 is 0 Å². The Kier molecular flexibility index (Phi) is 1.84. The van der Waals surface area contributed by atoms with Crippen LogP contribution in [0.5, 0.6) is 0 Å². The van der Waals surface area contributed by atoms with E-state index in [0.717, 1.165) is 5.92 Å². The van der Waals surface area contributed by atoms with Gasteiger partial charge in [0.15, 0.2) is 0 Å². The van der Waals surface area contributed by atoms with E-state index in [4.69, 9.17) is 0 Å². The van der Waals surface area contributed by atoms with Crippen LogP contribution in [0.25, 0.3) is 0 Å². The summed E-state index contributed by atoms with van der Waals surface area (Å²) < 4.78 is 0.457. The minimum absolute atomic E-state index is 0.0883. The van der Waals surface area contributed by atoms with Crippen LogP contribution in [-0.2, 0) is 21.1 Å². The molecule has 0 aromatic heterocycles. The van der Waals surface area contributed by atoms with Gasteiger partial charge in [0.1, 0.15) is 0 Å². The average molecular weight is 350 g/mol. The van der Waals surface area contributed by atoms with Crippen LogP contribution in [0.15, 0.2) is 0 Å². The van der Waals surface area contributed by atoms with Gasteiger partial charge in [-0.1, -0.05) is 0 Å². The van der Waals surface area contributed by atoms with Gasteiger partial charge in [-0.3, -0.25) is 0 Å². The molecule has 0 amide bonds. The topological polar surface area (TPSA) is 20.2 Å². The molecule has 2 saturated carbocycles. The first kappa shape index (κ1) is 9.26. The average Bonchev–Trinajstić information content (AvgIpc) is 2.26. The summed E-state index contributed by atoms with van der Waals surface area (Å²) in [7, 11) is 0. The second-order valence-corrected chi connectivity index (χ2v) is 6.57. The molecule has 4 atom stereocenters. The molecule has 1 nitrogen and oxygen atoms in total. The van der Waals surface area contributed by atoms with Gasteiger partial charge in [-0.2, -0.15) is 0 Å². The van der Waals surface area contributed by atoms with Crippen LogP contribution in [0.2, 0.25) is 4.14 Å². The van der Waals surface area contributed by atoms with Crippen molar-refractivity contribution in [1.29, 1.82) is 0 Å². The van der Waals surface area contributed by atoms with Crippen LogP contribution in [0, 0.1) is 16.7 Å². The second kappa shape index (κ2) is 2.38. The van der Waals surface area contributed by atoms with Crippen molar-refractivity contribution in [3.8, 4) is 0 Å². The summed E-state index contributed by atoms with van der Waals surface area (Å²) in [6.07, 6.45) is 2.43. The van der Waals surface area contributed by atoms with Crippen molar-refractivity contribution < 1.29 is 26.2 Å². The van der Waals surface area contributed by atoms with Crippen molar-refractivity contribution in [2.75, 3.05) is 0 Å². The van der Waals surface area contributed by atoms with E-state index >= 15 is 0 Å². The monoisotopic (exact) mass is 350 g/mol. The Morgan fingerprint density at radius 3 is 2.17 bits per heavy atom. The Morgan fingerprint density at radius 2 is 1.92 bits per heavy atom. The van der Waals surface area contributed by atoms with E-state index in [-0.39, 0.29) is 11.5 Å². The predicted octanol–water partition coefficient (Wildman–Crippen LogP) is 2.14. The molecular formula is C10H17AuO. The Balaban J connectivity index is 2.44. The van der Waals surface area contributed by atoms with E-state index in [2.05, 4.69) is 41.8 Å². The van der Waals surface area contributed by atoms with Crippen LogP contribution in [-0.4, -0.2) is 11.2 Å². The van der Waals surface area contributed by atoms with E-state index in [0.29, 0.717) is 9.55 Å². The van der Waals surface area contributed by atoms with Crippen LogP contribution >= 0.6 is 0 Å². The third-order valence-corrected chi connectivity index (χ3v) is 6.21. The van der Waals surface area contributed by atoms with Crippen molar-refractivity contribution in [2.24, 2.45) is 16.7 Å². The second-order valence-electron chi connectivity index (χ2n) is 5.12. The molecule has 0 radical (unpaired) electrons. The first-order valence-electron chi connectivity index (χ1n) is 4.69. The predicted molar refractivity (Wildman–Crippen MR) is 44.4 cm³/mol. The quantitative estimate of drug-likeness (QED) is 0.664. The summed E-state index contributed by atoms with van der Waals surface area (Å²) in [5, 5.41) is 10.1. The Morgan fingerprint density at radius 1 is 1.33 bits per heavy atom. The van der Waals surface area contributed by atoms with Crippen LogP contribution in [0.1, 0.15) is 33.6 Å². The molecule has 0 aromatic carbocycles. The van der Waals surface area contributed by atoms with Crippen LogP contribution in [0.4, 0.5) is 0 Å². The third kappa shape index (κ3) is 0.790. The van der Waals surface area contributed by atoms with Gasteiger partial charge in [0.25, 0.3) is 0 Å². The van der Waals surface area contributed by atoms with Gasteiger partial charge in [-0.05, 0) is 0 Å². The number of aliphatic hydroxyl groups is 1. The van der Waals surface area contributed by atoms with Gasteiger partial charge in [0.05, 0.1) is 0 Å². The normalized spacial score (nSPS) is 56.3. The van der Waals surface area contributed by atoms with Crippen molar-refractivity contribution in [1.82, 2.24) is 0 Å². The van der Waals surface area contributed by atoms with Gasteiger partial charge in [0.2, 0.25) is 0 Å². The number of hydrogen-bond acceptors (Lipinski definition) is 1. The first-order valence-corrected chi connectivity index (χ1v) is 5.94. The van der Waals surface area contributed by atoms with Gasteiger partial charge >= 0.3 is 86.8 Å². The Labute approximate surface area is 86.8 Å². The number of fused-ring (bicyclic) bond motifs is 2. The molecule has 0 saturated heterocycles. The zero-order valence-corrected chi connectivity index (χ0v) is 10.1. The molecule has 2 heteroatoms. The van der Waals surface area contributed by atoms with Gasteiger partial charge < -0.3 is 0 Å². The van der Waals surface area contributed by atoms with Crippen molar-refractivity contribution >= 4 is 0 Å². The SMILES string of the molecule is CC1(C)[C@@H]2CC[C@]1(C)[C@@H](O)[CH]2[Au]. The first-order chi connectivity index (χ1) is 5.41. The molecule has 0 aliphatic heterocycles. The Hall–Kier alpha value is 0.700. The fraction of sp³-hybridized carbons (Fsp3) is 1.00. The molecule has 2 aliphatic carbocycles. The standard InChI is InChI=1S/C10H17O.Au/c1-9(2)7-4-5-10(9,3)8(11)6-7;/h6-8,11H,4-5H2,1-3H3;/t7-,8+,10-;/m1./s1. The van der Waals surface area contributed by atoms with Gasteiger partial charge in [-0.25, -0.2) is 0 Å². The van der Waals surface area contributed by atoms with Crippen molar-refractivity contribution in [3.05, 3.63) is 0 Å². The number of rotatable bonds is 0. The summed E-state index contributed by atoms with van der Waals surface area (Å²) in [5.74, 6) is 0.723. The number of aliphatic hydroxyl groups excluding tert-OH is 1. The zero-order chi connectivity index (χ0) is 9.15. The summed E-state index contributed by atoms with van der Waals surface area (Å²) in [4.78, 5) is 0. The maximum atomic E-state index is 10.1. The van der Waals surface area contributed by atoms with Crippen molar-refractivity contribution in [3.63, 3.8) is 0 Å². The van der Waals surface area contributed by atoms with E-state index in [1.807, 2.05) is 0 Å². The summed E-state index contributed by atoms with van der Waals surface area (Å²) in [6.45, 7) is 6.90. The molecular weight excluding hydrogens is 333 g/mol. The Bertz CT molecular complexity index is 214. The zero-order valence-electron chi connectivity index (χ0n) is 7.89. The summed E-state index contributed by atoms with van der Waals surface area (Å²) in [6, 6.07) is 0. The summed E-state index contributed by atoms with van der Waals surface area (Å²) >= 11 is 2.63. The van der Waals surface area contributed by atoms with Gasteiger partial charge in [-0.15, -0.1) is 0 Å². The molecule has 74 valence electrons.